The number of amidine groups is 1. The number of thioether (sulfide) groups is 1. The van der Waals surface area contributed by atoms with Crippen LogP contribution in [0.25, 0.3) is 0 Å². The molecule has 3 rings (SSSR count). The third-order valence-corrected chi connectivity index (χ3v) is 6.02. The molecule has 2 amide bonds. The molecular formula is C19H24ClN3O3S. The normalized spacial score (nSPS) is 21.2. The van der Waals surface area contributed by atoms with Crippen LogP contribution in [0.15, 0.2) is 29.3 Å². The summed E-state index contributed by atoms with van der Waals surface area (Å²) in [5.41, 5.74) is 0.233. The molecule has 2 aliphatic rings. The Balaban J connectivity index is 1.53. The van der Waals surface area contributed by atoms with Crippen LogP contribution in [0.3, 0.4) is 0 Å². The predicted molar refractivity (Wildman–Crippen MR) is 109 cm³/mol. The zero-order valence-electron chi connectivity index (χ0n) is 15.7. The summed E-state index contributed by atoms with van der Waals surface area (Å²) in [6.07, 6.45) is 1.23. The number of ether oxygens (including phenoxy) is 1. The standard InChI is InChI=1S/C19H24ClN3O3S/c1-19(2,3)26-18(25)23-10-8-12(9-11-23)15-16(24)22-17(27-15)21-14-7-5-4-6-13(14)20/h4-7,12,15H,8-11H2,1-3H3,(H,21,22,24). The van der Waals surface area contributed by atoms with E-state index in [1.54, 1.807) is 11.0 Å². The molecule has 1 saturated heterocycles. The molecule has 8 heteroatoms. The summed E-state index contributed by atoms with van der Waals surface area (Å²) in [6.45, 7) is 6.76. The van der Waals surface area contributed by atoms with E-state index in [4.69, 9.17) is 16.3 Å². The van der Waals surface area contributed by atoms with Crippen molar-refractivity contribution >= 4 is 46.2 Å². The Labute approximate surface area is 168 Å². The van der Waals surface area contributed by atoms with E-state index in [1.807, 2.05) is 39.0 Å². The number of aliphatic imine (C=N–C) groups is 1. The maximum atomic E-state index is 12.4. The van der Waals surface area contributed by atoms with Gasteiger partial charge in [-0.1, -0.05) is 35.5 Å². The lowest BCUT2D eigenvalue weighted by Gasteiger charge is -2.34. The molecule has 2 aliphatic heterocycles. The van der Waals surface area contributed by atoms with E-state index in [1.165, 1.54) is 11.8 Å². The zero-order valence-corrected chi connectivity index (χ0v) is 17.3. The van der Waals surface area contributed by atoms with Gasteiger partial charge in [-0.2, -0.15) is 4.99 Å². The minimum Gasteiger partial charge on any atom is -0.444 e. The fourth-order valence-electron chi connectivity index (χ4n) is 3.11. The van der Waals surface area contributed by atoms with Gasteiger partial charge in [-0.25, -0.2) is 4.79 Å². The third kappa shape index (κ3) is 5.17. The minimum absolute atomic E-state index is 0.120. The summed E-state index contributed by atoms with van der Waals surface area (Å²) >= 11 is 7.60. The van der Waals surface area contributed by atoms with Gasteiger partial charge in [0.05, 0.1) is 16.0 Å². The van der Waals surface area contributed by atoms with Gasteiger partial charge in [-0.05, 0) is 51.7 Å². The molecule has 27 heavy (non-hydrogen) atoms. The van der Waals surface area contributed by atoms with Crippen molar-refractivity contribution in [3.63, 3.8) is 0 Å². The van der Waals surface area contributed by atoms with Gasteiger partial charge in [0.25, 0.3) is 5.91 Å². The Bertz CT molecular complexity index is 755. The Morgan fingerprint density at radius 3 is 2.59 bits per heavy atom. The number of anilines is 1. The smallest absolute Gasteiger partial charge is 0.410 e. The first-order valence-electron chi connectivity index (χ1n) is 9.01. The maximum Gasteiger partial charge on any atom is 0.410 e. The summed E-state index contributed by atoms with van der Waals surface area (Å²) < 4.78 is 5.42. The number of likely N-dealkylation sites (tertiary alicyclic amines) is 1. The van der Waals surface area contributed by atoms with Gasteiger partial charge in [0.15, 0.2) is 5.17 Å². The molecule has 146 valence electrons. The van der Waals surface area contributed by atoms with Crippen molar-refractivity contribution in [1.29, 1.82) is 0 Å². The van der Waals surface area contributed by atoms with Crippen molar-refractivity contribution in [3.05, 3.63) is 29.3 Å². The van der Waals surface area contributed by atoms with E-state index in [0.717, 1.165) is 18.5 Å². The van der Waals surface area contributed by atoms with Gasteiger partial charge in [-0.3, -0.25) is 4.79 Å². The number of nitrogens with zero attached hydrogens (tertiary/aromatic N) is 2. The zero-order chi connectivity index (χ0) is 19.6. The van der Waals surface area contributed by atoms with Crippen molar-refractivity contribution in [1.82, 2.24) is 4.90 Å². The highest BCUT2D eigenvalue weighted by atomic mass is 35.5. The molecule has 0 spiro atoms. The topological polar surface area (TPSA) is 71.0 Å². The second-order valence-corrected chi connectivity index (χ2v) is 9.24. The largest absolute Gasteiger partial charge is 0.444 e. The van der Waals surface area contributed by atoms with E-state index >= 15 is 0 Å². The summed E-state index contributed by atoms with van der Waals surface area (Å²) in [5, 5.41) is 4.09. The summed E-state index contributed by atoms with van der Waals surface area (Å²) in [5.74, 6) is 0.0701. The molecule has 2 heterocycles. The van der Waals surface area contributed by atoms with Crippen LogP contribution in [-0.4, -0.2) is 46.0 Å². The molecule has 0 aliphatic carbocycles. The Morgan fingerprint density at radius 1 is 1.30 bits per heavy atom. The van der Waals surface area contributed by atoms with Crippen LogP contribution in [0.4, 0.5) is 10.5 Å². The van der Waals surface area contributed by atoms with Gasteiger partial charge < -0.3 is 15.0 Å². The van der Waals surface area contributed by atoms with Crippen molar-refractivity contribution in [2.75, 3.05) is 18.4 Å². The number of benzene rings is 1. The van der Waals surface area contributed by atoms with Crippen LogP contribution < -0.4 is 5.32 Å². The Hall–Kier alpha value is -1.73. The highest BCUT2D eigenvalue weighted by Crippen LogP contribution is 2.35. The van der Waals surface area contributed by atoms with Crippen LogP contribution >= 0.6 is 23.4 Å². The molecule has 0 bridgehead atoms. The lowest BCUT2D eigenvalue weighted by molar-refractivity contribution is -0.118. The predicted octanol–water partition coefficient (Wildman–Crippen LogP) is 4.40. The molecule has 1 fully saturated rings. The summed E-state index contributed by atoms with van der Waals surface area (Å²) in [7, 11) is 0. The van der Waals surface area contributed by atoms with Gasteiger partial charge in [-0.15, -0.1) is 0 Å². The van der Waals surface area contributed by atoms with Gasteiger partial charge in [0, 0.05) is 13.1 Å². The van der Waals surface area contributed by atoms with E-state index in [-0.39, 0.29) is 23.2 Å². The molecule has 0 saturated carbocycles. The number of hydrogen-bond acceptors (Lipinski definition) is 5. The molecule has 0 radical (unpaired) electrons. The Morgan fingerprint density at radius 2 is 1.96 bits per heavy atom. The van der Waals surface area contributed by atoms with Gasteiger partial charge >= 0.3 is 6.09 Å². The van der Waals surface area contributed by atoms with Crippen LogP contribution in [0.1, 0.15) is 33.6 Å². The first kappa shape index (κ1) is 20.0. The fraction of sp³-hybridized carbons (Fsp3) is 0.526. The molecule has 0 aromatic heterocycles. The maximum absolute atomic E-state index is 12.4. The first-order chi connectivity index (χ1) is 12.7. The second-order valence-electron chi connectivity index (χ2n) is 7.70. The number of hydrogen-bond donors (Lipinski definition) is 1. The number of nitrogens with one attached hydrogen (secondary N) is 1. The second kappa shape index (κ2) is 8.10. The average Bonchev–Trinajstić information content (AvgIpc) is 2.96. The number of amides is 2. The molecule has 1 aromatic rings. The number of carbonyl (C=O) groups is 2. The van der Waals surface area contributed by atoms with Crippen LogP contribution in [-0.2, 0) is 9.53 Å². The van der Waals surface area contributed by atoms with Crippen LogP contribution in [0.2, 0.25) is 5.02 Å². The highest BCUT2D eigenvalue weighted by Gasteiger charge is 2.38. The summed E-state index contributed by atoms with van der Waals surface area (Å²) in [6, 6.07) is 7.36. The molecule has 1 atom stereocenters. The lowest BCUT2D eigenvalue weighted by atomic mass is 9.93. The molecule has 1 N–H and O–H groups in total. The average molecular weight is 410 g/mol. The molecular weight excluding hydrogens is 386 g/mol. The number of carbonyl (C=O) groups excluding carboxylic acids is 2. The van der Waals surface area contributed by atoms with Gasteiger partial charge in [0.2, 0.25) is 0 Å². The lowest BCUT2D eigenvalue weighted by Crippen LogP contribution is -2.43. The van der Waals surface area contributed by atoms with Crippen molar-refractivity contribution in [3.8, 4) is 0 Å². The number of piperidine rings is 1. The number of para-hydroxylation sites is 1. The first-order valence-corrected chi connectivity index (χ1v) is 10.3. The quantitative estimate of drug-likeness (QED) is 0.783. The third-order valence-electron chi connectivity index (χ3n) is 4.43. The summed E-state index contributed by atoms with van der Waals surface area (Å²) in [4.78, 5) is 30.4. The highest BCUT2D eigenvalue weighted by molar-refractivity contribution is 8.15. The minimum atomic E-state index is -0.502. The SMILES string of the molecule is CC(C)(C)OC(=O)N1CCC(C2SC(Nc3ccccc3Cl)=NC2=O)CC1. The number of rotatable bonds is 2. The van der Waals surface area contributed by atoms with Crippen molar-refractivity contribution in [2.45, 2.75) is 44.5 Å². The van der Waals surface area contributed by atoms with E-state index in [0.29, 0.717) is 23.3 Å². The Kier molecular flexibility index (Phi) is 6.01. The van der Waals surface area contributed by atoms with Crippen molar-refractivity contribution < 1.29 is 14.3 Å². The molecule has 6 nitrogen and oxygen atoms in total. The van der Waals surface area contributed by atoms with Gasteiger partial charge in [0.1, 0.15) is 5.60 Å². The van der Waals surface area contributed by atoms with Crippen LogP contribution in [0, 0.1) is 5.92 Å². The van der Waals surface area contributed by atoms with E-state index in [2.05, 4.69) is 10.3 Å². The fourth-order valence-corrected chi connectivity index (χ4v) is 4.46. The van der Waals surface area contributed by atoms with E-state index < -0.39 is 5.60 Å². The van der Waals surface area contributed by atoms with Crippen molar-refractivity contribution in [2.24, 2.45) is 10.9 Å². The van der Waals surface area contributed by atoms with E-state index in [9.17, 15) is 9.59 Å². The molecule has 1 unspecified atom stereocenters. The molecule has 1 aromatic carbocycles. The van der Waals surface area contributed by atoms with Crippen LogP contribution in [0.5, 0.6) is 0 Å². The number of halogens is 1. The monoisotopic (exact) mass is 409 g/mol.